The molecule has 14 nitrogen and oxygen atoms in total. The van der Waals surface area contributed by atoms with Crippen molar-refractivity contribution in [1.82, 2.24) is 16.0 Å². The first kappa shape index (κ1) is 32.2. The van der Waals surface area contributed by atoms with Crippen LogP contribution in [0.4, 0.5) is 0 Å². The van der Waals surface area contributed by atoms with E-state index in [9.17, 15) is 29.1 Å². The molecular formula is C23H36N8O6S. The lowest BCUT2D eigenvalue weighted by Gasteiger charge is -2.25. The van der Waals surface area contributed by atoms with E-state index in [1.807, 2.05) is 6.07 Å². The molecule has 0 spiro atoms. The smallest absolute Gasteiger partial charge is 0.327 e. The highest BCUT2D eigenvalue weighted by molar-refractivity contribution is 7.80. The Morgan fingerprint density at radius 1 is 0.868 bits per heavy atom. The number of nitrogens with zero attached hydrogens (tertiary/aromatic N) is 1. The number of nitrogens with one attached hydrogen (secondary N) is 3. The van der Waals surface area contributed by atoms with Crippen LogP contribution in [-0.2, 0) is 30.4 Å². The molecule has 0 aliphatic rings. The van der Waals surface area contributed by atoms with Gasteiger partial charge in [0.1, 0.15) is 18.1 Å². The molecule has 0 bridgehead atoms. The van der Waals surface area contributed by atoms with Crippen molar-refractivity contribution in [3.8, 4) is 0 Å². The number of amides is 4. The minimum atomic E-state index is -1.31. The number of hydrogen-bond acceptors (Lipinski definition) is 8. The molecule has 38 heavy (non-hydrogen) atoms. The molecule has 0 fully saturated rings. The largest absolute Gasteiger partial charge is 0.480 e. The van der Waals surface area contributed by atoms with Crippen molar-refractivity contribution in [3.05, 3.63) is 35.9 Å². The predicted molar refractivity (Wildman–Crippen MR) is 144 cm³/mol. The minimum absolute atomic E-state index is 0.0390. The second kappa shape index (κ2) is 16.8. The predicted octanol–water partition coefficient (Wildman–Crippen LogP) is -2.66. The number of carbonyl (C=O) groups is 5. The molecule has 12 N–H and O–H groups in total. The average Bonchev–Trinajstić information content (AvgIpc) is 2.86. The van der Waals surface area contributed by atoms with E-state index in [1.54, 1.807) is 24.3 Å². The zero-order chi connectivity index (χ0) is 28.7. The van der Waals surface area contributed by atoms with Gasteiger partial charge in [0.15, 0.2) is 5.96 Å². The molecule has 4 unspecified atom stereocenters. The van der Waals surface area contributed by atoms with E-state index < -0.39 is 53.8 Å². The normalized spacial score (nSPS) is 13.7. The number of primary amides is 1. The number of carboxylic acids is 1. The number of carbonyl (C=O) groups excluding carboxylic acids is 4. The molecule has 0 heterocycles. The van der Waals surface area contributed by atoms with Gasteiger partial charge in [0, 0.05) is 18.7 Å². The van der Waals surface area contributed by atoms with Crippen LogP contribution in [0.2, 0.25) is 0 Å². The van der Waals surface area contributed by atoms with Crippen LogP contribution in [0.1, 0.15) is 31.2 Å². The summed E-state index contributed by atoms with van der Waals surface area (Å²) in [5.74, 6) is -4.57. The molecule has 210 valence electrons. The number of guanidine groups is 1. The molecule has 0 aromatic heterocycles. The number of aliphatic carboxylic acids is 1. The second-order valence-corrected chi connectivity index (χ2v) is 8.82. The van der Waals surface area contributed by atoms with Crippen LogP contribution < -0.4 is 38.9 Å². The maximum absolute atomic E-state index is 13.1. The monoisotopic (exact) mass is 552 g/mol. The van der Waals surface area contributed by atoms with Crippen LogP contribution in [0.25, 0.3) is 0 Å². The fourth-order valence-electron chi connectivity index (χ4n) is 3.30. The number of aliphatic imine (C=N–C) groups is 1. The van der Waals surface area contributed by atoms with E-state index in [1.165, 1.54) is 0 Å². The Morgan fingerprint density at radius 2 is 1.42 bits per heavy atom. The van der Waals surface area contributed by atoms with Gasteiger partial charge in [-0.3, -0.25) is 24.2 Å². The summed E-state index contributed by atoms with van der Waals surface area (Å²) in [7, 11) is 0. The summed E-state index contributed by atoms with van der Waals surface area (Å²) < 4.78 is 0. The Morgan fingerprint density at radius 3 is 1.95 bits per heavy atom. The van der Waals surface area contributed by atoms with Crippen LogP contribution in [-0.4, -0.2) is 77.1 Å². The third-order valence-corrected chi connectivity index (χ3v) is 5.69. The molecule has 0 aliphatic heterocycles. The van der Waals surface area contributed by atoms with Crippen molar-refractivity contribution >= 4 is 48.2 Å². The minimum Gasteiger partial charge on any atom is -0.480 e. The fourth-order valence-corrected chi connectivity index (χ4v) is 3.54. The van der Waals surface area contributed by atoms with Gasteiger partial charge in [-0.15, -0.1) is 0 Å². The summed E-state index contributed by atoms with van der Waals surface area (Å²) in [4.78, 5) is 65.2. The topological polar surface area (TPSA) is 258 Å². The first-order valence-corrected chi connectivity index (χ1v) is 12.5. The van der Waals surface area contributed by atoms with Crippen molar-refractivity contribution in [2.45, 2.75) is 56.3 Å². The molecule has 0 saturated heterocycles. The molecule has 1 rings (SSSR count). The summed E-state index contributed by atoms with van der Waals surface area (Å²) >= 11 is 3.92. The van der Waals surface area contributed by atoms with Gasteiger partial charge in [0.05, 0.1) is 6.04 Å². The Bertz CT molecular complexity index is 989. The molecule has 4 amide bonds. The molecule has 0 saturated carbocycles. The van der Waals surface area contributed by atoms with Crippen LogP contribution in [0.5, 0.6) is 0 Å². The van der Waals surface area contributed by atoms with E-state index >= 15 is 0 Å². The molecule has 0 radical (unpaired) electrons. The van der Waals surface area contributed by atoms with Crippen molar-refractivity contribution in [1.29, 1.82) is 0 Å². The van der Waals surface area contributed by atoms with Gasteiger partial charge < -0.3 is 44.0 Å². The van der Waals surface area contributed by atoms with Crippen LogP contribution in [0.3, 0.4) is 0 Å². The summed E-state index contributed by atoms with van der Waals surface area (Å²) in [6.07, 6.45) is 0.120. The molecule has 1 aromatic carbocycles. The van der Waals surface area contributed by atoms with Gasteiger partial charge in [0.2, 0.25) is 23.6 Å². The molecule has 4 atom stereocenters. The lowest BCUT2D eigenvalue weighted by Crippen LogP contribution is -2.57. The Labute approximate surface area is 225 Å². The SMILES string of the molecule is NC(=O)CCC(NC(=O)C(N)Cc1ccccc1)C(=O)NC(CCCN=C(N)N)C(=O)NC(CS)C(=O)O. The molecular weight excluding hydrogens is 516 g/mol. The number of nitrogens with two attached hydrogens (primary N) is 4. The second-order valence-electron chi connectivity index (χ2n) is 8.45. The van der Waals surface area contributed by atoms with Crippen LogP contribution in [0.15, 0.2) is 35.3 Å². The highest BCUT2D eigenvalue weighted by atomic mass is 32.1. The Balaban J connectivity index is 3.01. The highest BCUT2D eigenvalue weighted by Gasteiger charge is 2.30. The summed E-state index contributed by atoms with van der Waals surface area (Å²) in [6, 6.07) is 4.26. The number of rotatable bonds is 17. The summed E-state index contributed by atoms with van der Waals surface area (Å²) in [5, 5.41) is 16.5. The van der Waals surface area contributed by atoms with E-state index in [2.05, 4.69) is 33.6 Å². The third kappa shape index (κ3) is 12.4. The van der Waals surface area contributed by atoms with E-state index in [0.717, 1.165) is 5.56 Å². The number of hydrogen-bond donors (Lipinski definition) is 9. The highest BCUT2D eigenvalue weighted by Crippen LogP contribution is 2.06. The van der Waals surface area contributed by atoms with Crippen LogP contribution >= 0.6 is 12.6 Å². The van der Waals surface area contributed by atoms with Gasteiger partial charge in [-0.1, -0.05) is 30.3 Å². The molecule has 1 aromatic rings. The van der Waals surface area contributed by atoms with Gasteiger partial charge in [0.25, 0.3) is 0 Å². The lowest BCUT2D eigenvalue weighted by molar-refractivity contribution is -0.141. The zero-order valence-electron chi connectivity index (χ0n) is 20.8. The Hall–Kier alpha value is -3.85. The number of carboxylic acid groups (broad SMARTS) is 1. The van der Waals surface area contributed by atoms with E-state index in [0.29, 0.717) is 0 Å². The third-order valence-electron chi connectivity index (χ3n) is 5.32. The maximum atomic E-state index is 13.1. The zero-order valence-corrected chi connectivity index (χ0v) is 21.7. The average molecular weight is 553 g/mol. The summed E-state index contributed by atoms with van der Waals surface area (Å²) in [5.41, 5.74) is 22.6. The van der Waals surface area contributed by atoms with E-state index in [4.69, 9.17) is 22.9 Å². The number of thiol groups is 1. The quantitative estimate of drug-likeness (QED) is 0.0422. The first-order chi connectivity index (χ1) is 17.9. The van der Waals surface area contributed by atoms with Crippen molar-refractivity contribution in [3.63, 3.8) is 0 Å². The molecule has 15 heteroatoms. The molecule has 0 aliphatic carbocycles. The fraction of sp³-hybridized carbons (Fsp3) is 0.478. The number of benzene rings is 1. The van der Waals surface area contributed by atoms with Gasteiger partial charge in [-0.05, 0) is 31.2 Å². The first-order valence-electron chi connectivity index (χ1n) is 11.8. The van der Waals surface area contributed by atoms with Gasteiger partial charge in [-0.2, -0.15) is 12.6 Å². The van der Waals surface area contributed by atoms with Crippen molar-refractivity contribution < 1.29 is 29.1 Å². The van der Waals surface area contributed by atoms with Crippen molar-refractivity contribution in [2.75, 3.05) is 12.3 Å². The Kier molecular flexibility index (Phi) is 14.2. The van der Waals surface area contributed by atoms with Crippen molar-refractivity contribution in [2.24, 2.45) is 27.9 Å². The maximum Gasteiger partial charge on any atom is 0.327 e. The van der Waals surface area contributed by atoms with Crippen LogP contribution in [0, 0.1) is 0 Å². The van der Waals surface area contributed by atoms with Gasteiger partial charge in [-0.25, -0.2) is 4.79 Å². The standard InChI is InChI=1S/C23H36N8O6S/c24-14(11-13-5-2-1-3-6-13)19(33)29-16(8-9-18(25)32)21(35)30-15(7-4-10-28-23(26)27)20(34)31-17(12-38)22(36)37/h1-3,5-6,14-17,38H,4,7-12,24H2,(H2,25,32)(H,29,33)(H,30,35)(H,31,34)(H,36,37)(H4,26,27,28). The summed E-state index contributed by atoms with van der Waals surface area (Å²) in [6.45, 7) is 0.146. The lowest BCUT2D eigenvalue weighted by atomic mass is 10.0. The van der Waals surface area contributed by atoms with E-state index in [-0.39, 0.29) is 50.4 Å². The van der Waals surface area contributed by atoms with Gasteiger partial charge >= 0.3 is 5.97 Å².